The standard InChI is InChI=1S/C25H28N2O/c1-6-27(7-2)22-14-9-8-13-21(22)26(5)23-17(3)15-16-20-19-12-10-11-18(4)24(19)28-25(20)23/h8-16H,6-7H2,1-5H3. The van der Waals surface area contributed by atoms with Crippen LogP contribution in [0, 0.1) is 13.8 Å². The van der Waals surface area contributed by atoms with Gasteiger partial charge in [-0.2, -0.15) is 0 Å². The van der Waals surface area contributed by atoms with Gasteiger partial charge in [0.2, 0.25) is 0 Å². The molecule has 0 bridgehead atoms. The van der Waals surface area contributed by atoms with Gasteiger partial charge in [-0.05, 0) is 51.0 Å². The van der Waals surface area contributed by atoms with Crippen molar-refractivity contribution >= 4 is 39.0 Å². The highest BCUT2D eigenvalue weighted by Crippen LogP contribution is 2.42. The minimum atomic E-state index is 0.959. The van der Waals surface area contributed by atoms with Crippen molar-refractivity contribution in [1.29, 1.82) is 0 Å². The van der Waals surface area contributed by atoms with Gasteiger partial charge in [-0.1, -0.05) is 42.5 Å². The van der Waals surface area contributed by atoms with E-state index in [-0.39, 0.29) is 0 Å². The molecule has 0 radical (unpaired) electrons. The quantitative estimate of drug-likeness (QED) is 0.383. The van der Waals surface area contributed by atoms with E-state index in [2.05, 4.69) is 99.1 Å². The first-order valence-electron chi connectivity index (χ1n) is 10.1. The molecule has 0 aliphatic carbocycles. The number of rotatable bonds is 5. The van der Waals surface area contributed by atoms with Crippen LogP contribution in [0.5, 0.6) is 0 Å². The Morgan fingerprint density at radius 2 is 1.39 bits per heavy atom. The lowest BCUT2D eigenvalue weighted by molar-refractivity contribution is 0.665. The van der Waals surface area contributed by atoms with E-state index in [9.17, 15) is 0 Å². The Morgan fingerprint density at radius 1 is 0.714 bits per heavy atom. The average molecular weight is 373 g/mol. The first-order valence-corrected chi connectivity index (χ1v) is 10.1. The number of hydrogen-bond donors (Lipinski definition) is 0. The van der Waals surface area contributed by atoms with Crippen molar-refractivity contribution in [3.63, 3.8) is 0 Å². The van der Waals surface area contributed by atoms with Gasteiger partial charge in [0.25, 0.3) is 0 Å². The topological polar surface area (TPSA) is 19.6 Å². The van der Waals surface area contributed by atoms with Gasteiger partial charge in [-0.25, -0.2) is 0 Å². The monoisotopic (exact) mass is 372 g/mol. The van der Waals surface area contributed by atoms with Gasteiger partial charge in [-0.3, -0.25) is 0 Å². The molecular formula is C25H28N2O. The van der Waals surface area contributed by atoms with E-state index in [1.807, 2.05) is 0 Å². The molecule has 0 aliphatic rings. The summed E-state index contributed by atoms with van der Waals surface area (Å²) in [5.41, 5.74) is 7.89. The molecule has 0 N–H and O–H groups in total. The van der Waals surface area contributed by atoms with Crippen LogP contribution < -0.4 is 9.80 Å². The zero-order valence-corrected chi connectivity index (χ0v) is 17.4. The fraction of sp³-hybridized carbons (Fsp3) is 0.280. The highest BCUT2D eigenvalue weighted by molar-refractivity contribution is 6.11. The summed E-state index contributed by atoms with van der Waals surface area (Å²) in [6.45, 7) is 10.6. The van der Waals surface area contributed by atoms with Gasteiger partial charge < -0.3 is 14.2 Å². The number of aryl methyl sites for hydroxylation is 2. The number of fused-ring (bicyclic) bond motifs is 3. The van der Waals surface area contributed by atoms with Crippen LogP contribution in [0.3, 0.4) is 0 Å². The number of nitrogens with zero attached hydrogens (tertiary/aromatic N) is 2. The molecule has 28 heavy (non-hydrogen) atoms. The Morgan fingerprint density at radius 3 is 2.11 bits per heavy atom. The van der Waals surface area contributed by atoms with Gasteiger partial charge in [0.05, 0.1) is 17.1 Å². The van der Waals surface area contributed by atoms with Crippen molar-refractivity contribution in [3.8, 4) is 0 Å². The third-order valence-electron chi connectivity index (χ3n) is 5.72. The Balaban J connectivity index is 1.96. The smallest absolute Gasteiger partial charge is 0.159 e. The number of para-hydroxylation sites is 3. The van der Waals surface area contributed by atoms with Crippen LogP contribution in [0.15, 0.2) is 59.0 Å². The van der Waals surface area contributed by atoms with Crippen molar-refractivity contribution in [2.75, 3.05) is 29.9 Å². The molecule has 0 amide bonds. The number of hydrogen-bond acceptors (Lipinski definition) is 3. The first-order chi connectivity index (χ1) is 13.6. The van der Waals surface area contributed by atoms with Crippen LogP contribution in [0.2, 0.25) is 0 Å². The normalized spacial score (nSPS) is 11.3. The lowest BCUT2D eigenvalue weighted by atomic mass is 10.1. The summed E-state index contributed by atoms with van der Waals surface area (Å²) in [7, 11) is 2.14. The predicted octanol–water partition coefficient (Wildman–Crippen LogP) is 6.82. The maximum atomic E-state index is 6.44. The molecule has 144 valence electrons. The van der Waals surface area contributed by atoms with Crippen LogP contribution in [-0.2, 0) is 0 Å². The van der Waals surface area contributed by atoms with Gasteiger partial charge in [0.15, 0.2) is 5.58 Å². The van der Waals surface area contributed by atoms with Crippen molar-refractivity contribution in [3.05, 3.63) is 65.7 Å². The third kappa shape index (κ3) is 2.82. The van der Waals surface area contributed by atoms with Crippen LogP contribution in [0.4, 0.5) is 17.1 Å². The molecule has 3 aromatic carbocycles. The molecule has 0 spiro atoms. The molecule has 1 aromatic heterocycles. The summed E-state index contributed by atoms with van der Waals surface area (Å²) < 4.78 is 6.44. The number of anilines is 3. The molecular weight excluding hydrogens is 344 g/mol. The summed E-state index contributed by atoms with van der Waals surface area (Å²) in [6.07, 6.45) is 0. The second-order valence-electron chi connectivity index (χ2n) is 7.38. The fourth-order valence-electron chi connectivity index (χ4n) is 4.20. The summed E-state index contributed by atoms with van der Waals surface area (Å²) in [6, 6.07) is 19.4. The van der Waals surface area contributed by atoms with E-state index >= 15 is 0 Å². The second kappa shape index (κ2) is 7.23. The van der Waals surface area contributed by atoms with E-state index < -0.39 is 0 Å². The largest absolute Gasteiger partial charge is 0.454 e. The second-order valence-corrected chi connectivity index (χ2v) is 7.38. The van der Waals surface area contributed by atoms with E-state index in [1.165, 1.54) is 33.3 Å². The molecule has 0 saturated carbocycles. The fourth-order valence-corrected chi connectivity index (χ4v) is 4.20. The summed E-state index contributed by atoms with van der Waals surface area (Å²) >= 11 is 0. The molecule has 0 fully saturated rings. The van der Waals surface area contributed by atoms with Gasteiger partial charge in [-0.15, -0.1) is 0 Å². The van der Waals surface area contributed by atoms with Crippen molar-refractivity contribution < 1.29 is 4.42 Å². The molecule has 4 aromatic rings. The van der Waals surface area contributed by atoms with E-state index in [4.69, 9.17) is 4.42 Å². The van der Waals surface area contributed by atoms with Gasteiger partial charge in [0.1, 0.15) is 5.58 Å². The van der Waals surface area contributed by atoms with E-state index in [1.54, 1.807) is 0 Å². The maximum absolute atomic E-state index is 6.44. The minimum Gasteiger partial charge on any atom is -0.454 e. The molecule has 0 saturated heterocycles. The van der Waals surface area contributed by atoms with Crippen LogP contribution in [0.25, 0.3) is 21.9 Å². The average Bonchev–Trinajstić information content (AvgIpc) is 3.09. The maximum Gasteiger partial charge on any atom is 0.159 e. The number of furan rings is 1. The Hall–Kier alpha value is -2.94. The van der Waals surface area contributed by atoms with Crippen LogP contribution in [-0.4, -0.2) is 20.1 Å². The molecule has 0 atom stereocenters. The highest BCUT2D eigenvalue weighted by atomic mass is 16.3. The van der Waals surface area contributed by atoms with Gasteiger partial charge >= 0.3 is 0 Å². The molecule has 3 heteroatoms. The summed E-state index contributed by atoms with van der Waals surface area (Å²) in [5.74, 6) is 0. The van der Waals surface area contributed by atoms with Gasteiger partial charge in [0, 0.05) is 30.9 Å². The summed E-state index contributed by atoms with van der Waals surface area (Å²) in [5, 5.41) is 2.35. The molecule has 1 heterocycles. The van der Waals surface area contributed by atoms with Crippen LogP contribution >= 0.6 is 0 Å². The Kier molecular flexibility index (Phi) is 4.76. The molecule has 0 unspecified atom stereocenters. The zero-order valence-electron chi connectivity index (χ0n) is 17.4. The minimum absolute atomic E-state index is 0.959. The zero-order chi connectivity index (χ0) is 19.8. The Labute approximate surface area is 167 Å². The molecule has 4 rings (SSSR count). The van der Waals surface area contributed by atoms with Crippen molar-refractivity contribution in [2.24, 2.45) is 0 Å². The van der Waals surface area contributed by atoms with Crippen molar-refractivity contribution in [2.45, 2.75) is 27.7 Å². The third-order valence-corrected chi connectivity index (χ3v) is 5.72. The lowest BCUT2D eigenvalue weighted by Gasteiger charge is -2.29. The van der Waals surface area contributed by atoms with E-state index in [0.29, 0.717) is 0 Å². The van der Waals surface area contributed by atoms with Crippen molar-refractivity contribution in [1.82, 2.24) is 0 Å². The number of benzene rings is 3. The van der Waals surface area contributed by atoms with E-state index in [0.717, 1.165) is 29.9 Å². The first kappa shape index (κ1) is 18.4. The molecule has 0 aliphatic heterocycles. The SMILES string of the molecule is CCN(CC)c1ccccc1N(C)c1c(C)ccc2c1oc1c(C)cccc12. The van der Waals surface area contributed by atoms with Crippen LogP contribution in [0.1, 0.15) is 25.0 Å². The Bertz CT molecular complexity index is 1140. The molecule has 3 nitrogen and oxygen atoms in total. The lowest BCUT2D eigenvalue weighted by Crippen LogP contribution is -2.24. The summed E-state index contributed by atoms with van der Waals surface area (Å²) in [4.78, 5) is 4.67. The highest BCUT2D eigenvalue weighted by Gasteiger charge is 2.20. The predicted molar refractivity (Wildman–Crippen MR) is 121 cm³/mol.